The van der Waals surface area contributed by atoms with E-state index in [1.807, 2.05) is 32.9 Å². The molecule has 1 N–H and O–H groups in total. The van der Waals surface area contributed by atoms with E-state index in [0.29, 0.717) is 23.9 Å². The molecule has 0 aliphatic heterocycles. The first-order chi connectivity index (χ1) is 14.3. The predicted octanol–water partition coefficient (Wildman–Crippen LogP) is 5.57. The Morgan fingerprint density at radius 3 is 2.23 bits per heavy atom. The number of anilines is 1. The lowest BCUT2D eigenvalue weighted by molar-refractivity contribution is -0.142. The number of nitrogens with zero attached hydrogens (tertiary/aromatic N) is 1. The van der Waals surface area contributed by atoms with E-state index in [0.717, 1.165) is 36.9 Å². The minimum Gasteiger partial charge on any atom is -0.469 e. The number of pyridine rings is 1. The minimum absolute atomic E-state index is 0.0253. The van der Waals surface area contributed by atoms with Gasteiger partial charge in [-0.1, -0.05) is 45.0 Å². The Morgan fingerprint density at radius 2 is 1.70 bits per heavy atom. The van der Waals surface area contributed by atoms with Gasteiger partial charge in [-0.2, -0.15) is 0 Å². The smallest absolute Gasteiger partial charge is 0.305 e. The minimum atomic E-state index is -0.438. The van der Waals surface area contributed by atoms with Crippen LogP contribution in [0.25, 0.3) is 11.3 Å². The largest absolute Gasteiger partial charge is 0.469 e. The molecule has 30 heavy (non-hydrogen) atoms. The molecule has 0 spiro atoms. The summed E-state index contributed by atoms with van der Waals surface area (Å²) in [6.07, 6.45) is 6.62. The molecule has 1 fully saturated rings. The Kier molecular flexibility index (Phi) is 6.91. The summed E-state index contributed by atoms with van der Waals surface area (Å²) in [6, 6.07) is 12.4. The molecule has 0 atom stereocenters. The van der Waals surface area contributed by atoms with Gasteiger partial charge in [-0.3, -0.25) is 14.6 Å². The van der Waals surface area contributed by atoms with Gasteiger partial charge in [0.25, 0.3) is 0 Å². The van der Waals surface area contributed by atoms with Crippen LogP contribution in [0.5, 0.6) is 0 Å². The average molecular weight is 409 g/mol. The fraction of sp³-hybridized carbons (Fsp3) is 0.480. The summed E-state index contributed by atoms with van der Waals surface area (Å²) in [7, 11) is 1.46. The molecule has 0 saturated heterocycles. The van der Waals surface area contributed by atoms with E-state index >= 15 is 0 Å². The molecule has 1 heterocycles. The number of carbonyl (C=O) groups is 2. The Morgan fingerprint density at radius 1 is 1.03 bits per heavy atom. The third-order valence-electron chi connectivity index (χ3n) is 5.91. The molecule has 1 saturated carbocycles. The van der Waals surface area contributed by atoms with E-state index < -0.39 is 5.41 Å². The van der Waals surface area contributed by atoms with Crippen LogP contribution in [-0.2, 0) is 14.3 Å². The van der Waals surface area contributed by atoms with E-state index in [1.54, 1.807) is 6.20 Å². The first-order valence-corrected chi connectivity index (χ1v) is 10.7. The molecule has 5 nitrogen and oxygen atoms in total. The van der Waals surface area contributed by atoms with Crippen LogP contribution in [0.3, 0.4) is 0 Å². The molecule has 3 rings (SSSR count). The second-order valence-electron chi connectivity index (χ2n) is 9.26. The first kappa shape index (κ1) is 22.0. The molecular weight excluding hydrogens is 376 g/mol. The molecular formula is C25H32N2O3. The van der Waals surface area contributed by atoms with Crippen LogP contribution in [0.15, 0.2) is 42.6 Å². The van der Waals surface area contributed by atoms with Gasteiger partial charge < -0.3 is 10.1 Å². The molecule has 1 amide bonds. The molecule has 0 bridgehead atoms. The molecule has 160 valence electrons. The third kappa shape index (κ3) is 5.68. The van der Waals surface area contributed by atoms with E-state index in [9.17, 15) is 9.59 Å². The topological polar surface area (TPSA) is 68.3 Å². The van der Waals surface area contributed by atoms with E-state index in [1.165, 1.54) is 12.7 Å². The van der Waals surface area contributed by atoms with Crippen molar-refractivity contribution in [2.45, 2.75) is 58.8 Å². The van der Waals surface area contributed by atoms with Crippen molar-refractivity contribution >= 4 is 17.6 Å². The van der Waals surface area contributed by atoms with Crippen molar-refractivity contribution in [3.63, 3.8) is 0 Å². The van der Waals surface area contributed by atoms with Gasteiger partial charge in [0.1, 0.15) is 0 Å². The number of esters is 1. The fourth-order valence-corrected chi connectivity index (χ4v) is 3.90. The lowest BCUT2D eigenvalue weighted by atomic mass is 9.77. The van der Waals surface area contributed by atoms with Gasteiger partial charge in [0.15, 0.2) is 0 Å². The Balaban J connectivity index is 1.58. The zero-order valence-electron chi connectivity index (χ0n) is 18.4. The van der Waals surface area contributed by atoms with Crippen LogP contribution in [-0.4, -0.2) is 24.0 Å². The molecule has 1 aromatic heterocycles. The second kappa shape index (κ2) is 9.41. The highest BCUT2D eigenvalue weighted by Crippen LogP contribution is 2.37. The number of benzene rings is 1. The summed E-state index contributed by atoms with van der Waals surface area (Å²) in [5.74, 6) is 0.882. The highest BCUT2D eigenvalue weighted by Gasteiger charge is 2.24. The zero-order chi connectivity index (χ0) is 21.7. The van der Waals surface area contributed by atoms with Gasteiger partial charge in [-0.15, -0.1) is 0 Å². The Bertz CT molecular complexity index is 859. The standard InChI is InChI=1S/C25H32N2O3/c1-25(2,3)24(29)27-21-13-14-22(26-16-21)20-11-9-19(10-12-20)18-7-5-17(6-8-18)15-23(28)30-4/h9-14,16-18H,5-8,15H2,1-4H3,(H,27,29). The van der Waals surface area contributed by atoms with Gasteiger partial charge >= 0.3 is 5.97 Å². The number of hydrogen-bond acceptors (Lipinski definition) is 4. The van der Waals surface area contributed by atoms with Crippen molar-refractivity contribution in [2.24, 2.45) is 11.3 Å². The van der Waals surface area contributed by atoms with Crippen LogP contribution in [0.4, 0.5) is 5.69 Å². The number of carbonyl (C=O) groups excluding carboxylic acids is 2. The molecule has 5 heteroatoms. The van der Waals surface area contributed by atoms with Crippen molar-refractivity contribution in [1.29, 1.82) is 0 Å². The summed E-state index contributed by atoms with van der Waals surface area (Å²) < 4.78 is 4.80. The van der Waals surface area contributed by atoms with Crippen molar-refractivity contribution in [3.05, 3.63) is 48.2 Å². The van der Waals surface area contributed by atoms with Gasteiger partial charge in [-0.25, -0.2) is 0 Å². The van der Waals surface area contributed by atoms with Crippen molar-refractivity contribution in [1.82, 2.24) is 4.98 Å². The number of hydrogen-bond donors (Lipinski definition) is 1. The van der Waals surface area contributed by atoms with Crippen LogP contribution in [0, 0.1) is 11.3 Å². The van der Waals surface area contributed by atoms with Gasteiger partial charge in [0, 0.05) is 17.4 Å². The molecule has 0 radical (unpaired) electrons. The number of nitrogens with one attached hydrogen (secondary N) is 1. The van der Waals surface area contributed by atoms with Crippen LogP contribution in [0.1, 0.15) is 64.4 Å². The maximum absolute atomic E-state index is 12.1. The number of methoxy groups -OCH3 is 1. The van der Waals surface area contributed by atoms with E-state index in [4.69, 9.17) is 4.74 Å². The maximum Gasteiger partial charge on any atom is 0.305 e. The van der Waals surface area contributed by atoms with Gasteiger partial charge in [-0.05, 0) is 55.2 Å². The normalized spacial score (nSPS) is 19.2. The van der Waals surface area contributed by atoms with E-state index in [-0.39, 0.29) is 11.9 Å². The summed E-state index contributed by atoms with van der Waals surface area (Å²) in [5, 5.41) is 2.90. The summed E-state index contributed by atoms with van der Waals surface area (Å²) in [6.45, 7) is 5.66. The predicted molar refractivity (Wildman–Crippen MR) is 119 cm³/mol. The maximum atomic E-state index is 12.1. The molecule has 1 aliphatic carbocycles. The Hall–Kier alpha value is -2.69. The highest BCUT2D eigenvalue weighted by atomic mass is 16.5. The zero-order valence-corrected chi connectivity index (χ0v) is 18.4. The van der Waals surface area contributed by atoms with Gasteiger partial charge in [0.05, 0.1) is 24.7 Å². The molecule has 1 aromatic carbocycles. The summed E-state index contributed by atoms with van der Waals surface area (Å²) in [4.78, 5) is 28.1. The Labute approximate surface area is 179 Å². The summed E-state index contributed by atoms with van der Waals surface area (Å²) >= 11 is 0. The monoisotopic (exact) mass is 408 g/mol. The number of aromatic nitrogens is 1. The SMILES string of the molecule is COC(=O)CC1CCC(c2ccc(-c3ccc(NC(=O)C(C)(C)C)cn3)cc2)CC1. The van der Waals surface area contributed by atoms with Crippen LogP contribution >= 0.6 is 0 Å². The lowest BCUT2D eigenvalue weighted by Gasteiger charge is -2.28. The second-order valence-corrected chi connectivity index (χ2v) is 9.26. The lowest BCUT2D eigenvalue weighted by Crippen LogP contribution is -2.27. The average Bonchev–Trinajstić information content (AvgIpc) is 2.74. The van der Waals surface area contributed by atoms with Gasteiger partial charge in [0.2, 0.25) is 5.91 Å². The highest BCUT2D eigenvalue weighted by molar-refractivity contribution is 5.94. The number of rotatable bonds is 5. The first-order valence-electron chi connectivity index (χ1n) is 10.7. The molecule has 1 aliphatic rings. The van der Waals surface area contributed by atoms with E-state index in [2.05, 4.69) is 34.6 Å². The summed E-state index contributed by atoms with van der Waals surface area (Å²) in [5.41, 5.74) is 3.57. The quantitative estimate of drug-likeness (QED) is 0.657. The number of amides is 1. The molecule has 2 aromatic rings. The van der Waals surface area contributed by atoms with Crippen LogP contribution < -0.4 is 5.32 Å². The van der Waals surface area contributed by atoms with Crippen molar-refractivity contribution in [3.8, 4) is 11.3 Å². The molecule has 0 unspecified atom stereocenters. The van der Waals surface area contributed by atoms with Crippen molar-refractivity contribution in [2.75, 3.05) is 12.4 Å². The third-order valence-corrected chi connectivity index (χ3v) is 5.91. The van der Waals surface area contributed by atoms with Crippen molar-refractivity contribution < 1.29 is 14.3 Å². The fourth-order valence-electron chi connectivity index (χ4n) is 3.90. The van der Waals surface area contributed by atoms with Crippen LogP contribution in [0.2, 0.25) is 0 Å². The number of ether oxygens (including phenoxy) is 1.